The Morgan fingerprint density at radius 2 is 2.21 bits per heavy atom. The largest absolute Gasteiger partial charge is 0.384 e. The maximum absolute atomic E-state index is 12.7. The fourth-order valence-electron chi connectivity index (χ4n) is 3.27. The number of nitrogens with zero attached hydrogens (tertiary/aromatic N) is 2. The molecule has 4 N–H and O–H groups in total. The van der Waals surface area contributed by atoms with Crippen LogP contribution in [0.5, 0.6) is 0 Å². The summed E-state index contributed by atoms with van der Waals surface area (Å²) in [4.78, 5) is 29.3. The van der Waals surface area contributed by atoms with Gasteiger partial charge in [-0.3, -0.25) is 9.59 Å². The molecule has 0 aromatic carbocycles. The molecule has 0 bridgehead atoms. The number of hydrogen-bond donors (Lipinski definition) is 3. The van der Waals surface area contributed by atoms with E-state index in [9.17, 15) is 14.7 Å². The number of carbonyl (C=O) groups excluding carboxylic acids is 1. The number of pyridine rings is 2. The van der Waals surface area contributed by atoms with Gasteiger partial charge < -0.3 is 25.5 Å². The number of nitrogen functional groups attached to an aromatic ring is 1. The fraction of sp³-hybridized carbons (Fsp3) is 0.450. The molecule has 28 heavy (non-hydrogen) atoms. The molecular weight excluding hydrogens is 360 g/mol. The number of nitrogens with two attached hydrogens (primary N) is 1. The molecule has 8 heteroatoms. The van der Waals surface area contributed by atoms with Crippen LogP contribution in [-0.4, -0.2) is 46.9 Å². The van der Waals surface area contributed by atoms with E-state index in [-0.39, 0.29) is 29.3 Å². The summed E-state index contributed by atoms with van der Waals surface area (Å²) in [5.74, 6) is 5.40. The molecule has 1 amide bonds. The highest BCUT2D eigenvalue weighted by atomic mass is 16.5. The van der Waals surface area contributed by atoms with Crippen molar-refractivity contribution in [1.82, 2.24) is 14.9 Å². The lowest BCUT2D eigenvalue weighted by molar-refractivity contribution is -0.00236. The number of nitrogens with one attached hydrogen (secondary N) is 1. The molecule has 1 atom stereocenters. The predicted octanol–water partition coefficient (Wildman–Crippen LogP) is 0.497. The molecule has 0 aliphatic heterocycles. The number of ether oxygens (including phenoxy) is 1. The summed E-state index contributed by atoms with van der Waals surface area (Å²) < 4.78 is 6.71. The van der Waals surface area contributed by atoms with E-state index in [1.807, 2.05) is 6.92 Å². The number of aliphatic hydroxyl groups is 1. The summed E-state index contributed by atoms with van der Waals surface area (Å²) in [6, 6.07) is 3.18. The minimum absolute atomic E-state index is 0.0610. The van der Waals surface area contributed by atoms with E-state index in [4.69, 9.17) is 10.5 Å². The van der Waals surface area contributed by atoms with Crippen molar-refractivity contribution < 1.29 is 14.6 Å². The SMILES string of the molecule is CCn1c(N)c(C(=O)NC)c(=O)c2ccc(C#CC(O)(COC)C3CC3)nc21. The maximum Gasteiger partial charge on any atom is 0.258 e. The van der Waals surface area contributed by atoms with Crippen molar-refractivity contribution in [2.75, 3.05) is 26.5 Å². The van der Waals surface area contributed by atoms with Crippen molar-refractivity contribution in [1.29, 1.82) is 0 Å². The lowest BCUT2D eigenvalue weighted by atomic mass is 9.99. The van der Waals surface area contributed by atoms with Crippen LogP contribution in [0.3, 0.4) is 0 Å². The van der Waals surface area contributed by atoms with Crippen LogP contribution in [0, 0.1) is 17.8 Å². The molecule has 0 spiro atoms. The number of hydrogen-bond acceptors (Lipinski definition) is 6. The number of fused-ring (bicyclic) bond motifs is 1. The van der Waals surface area contributed by atoms with Gasteiger partial charge in [0.2, 0.25) is 5.43 Å². The highest BCUT2D eigenvalue weighted by Crippen LogP contribution is 2.39. The van der Waals surface area contributed by atoms with Crippen molar-refractivity contribution in [3.8, 4) is 11.8 Å². The number of rotatable bonds is 5. The quantitative estimate of drug-likeness (QED) is 0.646. The third-order valence-corrected chi connectivity index (χ3v) is 4.94. The predicted molar refractivity (Wildman–Crippen MR) is 106 cm³/mol. The summed E-state index contributed by atoms with van der Waals surface area (Å²) in [7, 11) is 2.97. The molecule has 2 aromatic heterocycles. The summed E-state index contributed by atoms with van der Waals surface area (Å²) in [5.41, 5.74) is 5.06. The maximum atomic E-state index is 12.7. The van der Waals surface area contributed by atoms with Crippen molar-refractivity contribution >= 4 is 22.8 Å². The molecule has 3 rings (SSSR count). The molecule has 0 saturated heterocycles. The second kappa shape index (κ2) is 7.62. The molecule has 1 fully saturated rings. The minimum Gasteiger partial charge on any atom is -0.384 e. The summed E-state index contributed by atoms with van der Waals surface area (Å²) in [6.07, 6.45) is 1.82. The van der Waals surface area contributed by atoms with Gasteiger partial charge in [-0.05, 0) is 37.8 Å². The Balaban J connectivity index is 2.14. The zero-order chi connectivity index (χ0) is 20.5. The van der Waals surface area contributed by atoms with Gasteiger partial charge in [0, 0.05) is 26.6 Å². The third kappa shape index (κ3) is 3.46. The number of methoxy groups -OCH3 is 1. The molecule has 1 unspecified atom stereocenters. The topological polar surface area (TPSA) is 119 Å². The number of amides is 1. The van der Waals surface area contributed by atoms with Crippen molar-refractivity contribution in [2.45, 2.75) is 31.9 Å². The first-order valence-corrected chi connectivity index (χ1v) is 9.15. The Morgan fingerprint density at radius 3 is 2.79 bits per heavy atom. The van der Waals surface area contributed by atoms with Gasteiger partial charge in [-0.1, -0.05) is 5.92 Å². The smallest absolute Gasteiger partial charge is 0.258 e. The zero-order valence-corrected chi connectivity index (χ0v) is 16.2. The Morgan fingerprint density at radius 1 is 1.50 bits per heavy atom. The molecule has 148 valence electrons. The molecular formula is C20H24N4O4. The average molecular weight is 384 g/mol. The summed E-state index contributed by atoms with van der Waals surface area (Å²) in [6.45, 7) is 2.39. The Hall–Kier alpha value is -2.89. The van der Waals surface area contributed by atoms with Crippen molar-refractivity contribution in [3.05, 3.63) is 33.6 Å². The fourth-order valence-corrected chi connectivity index (χ4v) is 3.27. The van der Waals surface area contributed by atoms with Crippen LogP contribution in [0.4, 0.5) is 5.82 Å². The average Bonchev–Trinajstić information content (AvgIpc) is 3.52. The van der Waals surface area contributed by atoms with E-state index >= 15 is 0 Å². The number of aryl methyl sites for hydroxylation is 1. The van der Waals surface area contributed by atoms with Crippen LogP contribution >= 0.6 is 0 Å². The first-order chi connectivity index (χ1) is 13.4. The van der Waals surface area contributed by atoms with E-state index in [2.05, 4.69) is 22.1 Å². The van der Waals surface area contributed by atoms with Crippen LogP contribution in [0.15, 0.2) is 16.9 Å². The summed E-state index contributed by atoms with van der Waals surface area (Å²) in [5, 5.41) is 13.4. The number of anilines is 1. The lowest BCUT2D eigenvalue weighted by Crippen LogP contribution is -2.35. The van der Waals surface area contributed by atoms with Gasteiger partial charge in [0.05, 0.1) is 12.0 Å². The Kier molecular flexibility index (Phi) is 5.40. The van der Waals surface area contributed by atoms with Gasteiger partial charge in [-0.15, -0.1) is 0 Å². The van der Waals surface area contributed by atoms with E-state index in [0.29, 0.717) is 17.9 Å². The Bertz CT molecular complexity index is 1050. The van der Waals surface area contributed by atoms with E-state index in [1.54, 1.807) is 16.7 Å². The normalized spacial score (nSPS) is 15.6. The monoisotopic (exact) mass is 384 g/mol. The molecule has 1 aliphatic carbocycles. The second-order valence-electron chi connectivity index (χ2n) is 6.86. The van der Waals surface area contributed by atoms with Crippen LogP contribution < -0.4 is 16.5 Å². The lowest BCUT2D eigenvalue weighted by Gasteiger charge is -2.20. The van der Waals surface area contributed by atoms with Crippen LogP contribution in [0.1, 0.15) is 35.8 Å². The van der Waals surface area contributed by atoms with Gasteiger partial charge in [-0.25, -0.2) is 4.98 Å². The first-order valence-electron chi connectivity index (χ1n) is 9.15. The minimum atomic E-state index is -1.21. The van der Waals surface area contributed by atoms with Crippen LogP contribution in [0.2, 0.25) is 0 Å². The molecule has 1 aliphatic rings. The van der Waals surface area contributed by atoms with Crippen LogP contribution in [0.25, 0.3) is 11.0 Å². The third-order valence-electron chi connectivity index (χ3n) is 4.94. The van der Waals surface area contributed by atoms with Gasteiger partial charge in [-0.2, -0.15) is 0 Å². The molecule has 8 nitrogen and oxygen atoms in total. The standard InChI is InChI=1S/C20H24N4O4/c1-4-24-17(21)15(19(26)22-2)16(25)14-8-7-13(23-18(14)24)9-10-20(27,11-28-3)12-5-6-12/h7-8,12,27H,4-6,11,21H2,1-3H3,(H,22,26). The zero-order valence-electron chi connectivity index (χ0n) is 16.2. The van der Waals surface area contributed by atoms with E-state index in [0.717, 1.165) is 12.8 Å². The molecule has 1 saturated carbocycles. The highest BCUT2D eigenvalue weighted by Gasteiger charge is 2.42. The van der Waals surface area contributed by atoms with Crippen molar-refractivity contribution in [2.24, 2.45) is 5.92 Å². The van der Waals surface area contributed by atoms with Gasteiger partial charge in [0.15, 0.2) is 5.60 Å². The summed E-state index contributed by atoms with van der Waals surface area (Å²) >= 11 is 0. The highest BCUT2D eigenvalue weighted by molar-refractivity contribution is 6.01. The molecule has 2 aromatic rings. The van der Waals surface area contributed by atoms with Gasteiger partial charge in [0.1, 0.15) is 22.7 Å². The van der Waals surface area contributed by atoms with E-state index < -0.39 is 16.9 Å². The first kappa shape index (κ1) is 19.9. The van der Waals surface area contributed by atoms with E-state index in [1.165, 1.54) is 14.2 Å². The molecule has 0 radical (unpaired) electrons. The number of aromatic nitrogens is 2. The van der Waals surface area contributed by atoms with Crippen molar-refractivity contribution in [3.63, 3.8) is 0 Å². The van der Waals surface area contributed by atoms with Gasteiger partial charge >= 0.3 is 0 Å². The Labute approximate surface area is 162 Å². The van der Waals surface area contributed by atoms with Crippen LogP contribution in [-0.2, 0) is 11.3 Å². The second-order valence-corrected chi connectivity index (χ2v) is 6.86. The molecule has 2 heterocycles. The van der Waals surface area contributed by atoms with Gasteiger partial charge in [0.25, 0.3) is 5.91 Å². The number of carbonyl (C=O) groups is 1.